The summed E-state index contributed by atoms with van der Waals surface area (Å²) in [5, 5.41) is 0. The maximum absolute atomic E-state index is 16.2. The van der Waals surface area contributed by atoms with Crippen molar-refractivity contribution < 1.29 is 85.2 Å². The third-order valence-electron chi connectivity index (χ3n) is 9.60. The molecule has 0 aliphatic carbocycles. The fraction of sp³-hybridized carbons (Fsp3) is 0.400. The minimum atomic E-state index is -4.87. The molecule has 19 heteroatoms. The zero-order chi connectivity index (χ0) is 43.2. The van der Waals surface area contributed by atoms with Gasteiger partial charge in [-0.1, -0.05) is 75.2 Å². The summed E-state index contributed by atoms with van der Waals surface area (Å²) in [5.74, 6) is -28.3. The van der Waals surface area contributed by atoms with Crippen molar-refractivity contribution in [2.45, 2.75) is 101 Å². The number of halogens is 14. The second-order valence-electron chi connectivity index (χ2n) is 13.8. The maximum atomic E-state index is 16.2. The van der Waals surface area contributed by atoms with E-state index >= 15 is 35.1 Å². The van der Waals surface area contributed by atoms with E-state index in [0.29, 0.717) is 61.4 Å². The lowest BCUT2D eigenvalue weighted by Crippen LogP contribution is -2.42. The third kappa shape index (κ3) is 8.48. The van der Waals surface area contributed by atoms with Crippen molar-refractivity contribution in [3.63, 3.8) is 0 Å². The minimum absolute atomic E-state index is 0.192. The summed E-state index contributed by atoms with van der Waals surface area (Å²) in [7, 11) is 0. The van der Waals surface area contributed by atoms with Crippen LogP contribution >= 0.6 is 0 Å². The molecule has 2 aliphatic rings. The molecule has 4 aromatic carbocycles. The Morgan fingerprint density at radius 3 is 1.22 bits per heavy atom. The van der Waals surface area contributed by atoms with Gasteiger partial charge in [0.05, 0.1) is 12.2 Å². The molecule has 0 aromatic heterocycles. The Labute approximate surface area is 326 Å². The number of ether oxygens (including phenoxy) is 5. The lowest BCUT2D eigenvalue weighted by atomic mass is 9.96. The summed E-state index contributed by atoms with van der Waals surface area (Å²) in [5.41, 5.74) is -8.42. The molecule has 6 unspecified atom stereocenters. The Balaban J connectivity index is 1.38. The van der Waals surface area contributed by atoms with Crippen LogP contribution in [0.4, 0.5) is 61.5 Å². The first-order chi connectivity index (χ1) is 27.6. The van der Waals surface area contributed by atoms with Gasteiger partial charge in [0.25, 0.3) is 0 Å². The minimum Gasteiger partial charge on any atom is -0.456 e. The van der Waals surface area contributed by atoms with Crippen molar-refractivity contribution in [2.24, 2.45) is 0 Å². The van der Waals surface area contributed by atoms with E-state index in [9.17, 15) is 26.3 Å². The van der Waals surface area contributed by atoms with Crippen LogP contribution in [0.15, 0.2) is 60.7 Å². The Morgan fingerprint density at radius 1 is 0.559 bits per heavy atom. The van der Waals surface area contributed by atoms with Gasteiger partial charge in [0.15, 0.2) is 34.9 Å². The van der Waals surface area contributed by atoms with E-state index < -0.39 is 129 Å². The zero-order valence-electron chi connectivity index (χ0n) is 30.7. The van der Waals surface area contributed by atoms with E-state index in [1.54, 1.807) is 13.8 Å². The normalized spacial score (nSPS) is 25.3. The third-order valence-corrected chi connectivity index (χ3v) is 9.60. The number of benzene rings is 4. The lowest BCUT2D eigenvalue weighted by molar-refractivity contribution is -0.411. The van der Waals surface area contributed by atoms with Gasteiger partial charge in [0.1, 0.15) is 22.6 Å². The molecule has 4 aromatic rings. The van der Waals surface area contributed by atoms with E-state index in [1.807, 2.05) is 0 Å². The van der Waals surface area contributed by atoms with Gasteiger partial charge in [-0.05, 0) is 12.8 Å². The molecule has 0 saturated carbocycles. The van der Waals surface area contributed by atoms with E-state index in [-0.39, 0.29) is 37.8 Å². The summed E-state index contributed by atoms with van der Waals surface area (Å²) in [6.45, 7) is 3.40. The highest BCUT2D eigenvalue weighted by atomic mass is 19.3. The molecule has 5 nitrogen and oxygen atoms in total. The van der Waals surface area contributed by atoms with Crippen molar-refractivity contribution in [3.8, 4) is 11.5 Å². The summed E-state index contributed by atoms with van der Waals surface area (Å²) in [4.78, 5) is 0. The maximum Gasteiger partial charge on any atom is 0.351 e. The van der Waals surface area contributed by atoms with Crippen molar-refractivity contribution in [3.05, 3.63) is 129 Å². The quantitative estimate of drug-likeness (QED) is 0.105. The summed E-state index contributed by atoms with van der Waals surface area (Å²) in [6.07, 6.45) is -5.72. The number of hydrogen-bond donors (Lipinski definition) is 0. The van der Waals surface area contributed by atoms with Crippen molar-refractivity contribution in [1.82, 2.24) is 0 Å². The SMILES string of the molecule is CCCC1CC(F)OC(F)(c2ccc(C(F)(F)c3c(Oc4cc(F)c(F)c(F)c4C(F)(F)c4ccc(C5(F)OC(F)CC(CCC)O5)cc4)cc(F)c(F)c3F)cc2)O1. The average Bonchev–Trinajstić information content (AvgIpc) is 3.15. The van der Waals surface area contributed by atoms with Gasteiger partial charge in [-0.2, -0.15) is 26.3 Å². The molecule has 320 valence electrons. The first kappa shape index (κ1) is 44.1. The summed E-state index contributed by atoms with van der Waals surface area (Å²) < 4.78 is 238. The van der Waals surface area contributed by atoms with E-state index in [1.165, 1.54) is 0 Å². The molecule has 2 heterocycles. The summed E-state index contributed by atoms with van der Waals surface area (Å²) in [6, 6.07) is -2.99. The summed E-state index contributed by atoms with van der Waals surface area (Å²) >= 11 is 0. The molecular formula is C40H32F14O5. The first-order valence-electron chi connectivity index (χ1n) is 18.0. The van der Waals surface area contributed by atoms with Crippen LogP contribution in [0.25, 0.3) is 0 Å². The highest BCUT2D eigenvalue weighted by molar-refractivity contribution is 5.51. The highest BCUT2D eigenvalue weighted by Crippen LogP contribution is 2.50. The first-order valence-corrected chi connectivity index (χ1v) is 18.0. The molecule has 0 N–H and O–H groups in total. The van der Waals surface area contributed by atoms with Crippen LogP contribution in [0.2, 0.25) is 0 Å². The van der Waals surface area contributed by atoms with Gasteiger partial charge in [-0.25, -0.2) is 35.1 Å². The Morgan fingerprint density at radius 2 is 0.898 bits per heavy atom. The van der Waals surface area contributed by atoms with Crippen LogP contribution in [0.5, 0.6) is 11.5 Å². The predicted octanol–water partition coefficient (Wildman–Crippen LogP) is 12.6. The molecule has 2 fully saturated rings. The van der Waals surface area contributed by atoms with E-state index in [2.05, 4.69) is 9.47 Å². The topological polar surface area (TPSA) is 46.2 Å². The van der Waals surface area contributed by atoms with Gasteiger partial charge >= 0.3 is 23.9 Å². The fourth-order valence-corrected chi connectivity index (χ4v) is 6.75. The Bertz CT molecular complexity index is 2000. The van der Waals surface area contributed by atoms with Gasteiger partial charge in [-0.15, -0.1) is 0 Å². The molecule has 0 bridgehead atoms. The Kier molecular flexibility index (Phi) is 12.4. The van der Waals surface area contributed by atoms with Gasteiger partial charge in [0.2, 0.25) is 12.7 Å². The van der Waals surface area contributed by atoms with Crippen molar-refractivity contribution in [2.75, 3.05) is 0 Å². The number of alkyl halides is 8. The van der Waals surface area contributed by atoms with Crippen LogP contribution in [-0.2, 0) is 42.9 Å². The van der Waals surface area contributed by atoms with Crippen LogP contribution in [0.3, 0.4) is 0 Å². The van der Waals surface area contributed by atoms with Crippen LogP contribution in [0.1, 0.15) is 85.8 Å². The molecule has 0 radical (unpaired) electrons. The standard InChI is InChI=1S/C40H32F14O5/c1-3-5-23-15-29(43)58-39(53,56-23)21-11-7-19(8-12-21)37(49,50)31-27(17-25(41)33(45)35(31)47)55-28-18-26(42)34(46)36(48)32(28)38(51,52)20-9-13-22(14-10-20)40(54)57-24(6-4-2)16-30(44)59-40/h7-14,17-18,23-24,29-30H,3-6,15-16H2,1-2H3. The second-order valence-corrected chi connectivity index (χ2v) is 13.8. The van der Waals surface area contributed by atoms with Gasteiger partial charge in [0, 0.05) is 47.2 Å². The van der Waals surface area contributed by atoms with Crippen LogP contribution in [0, 0.1) is 34.9 Å². The number of rotatable bonds is 12. The Hall–Kier alpha value is -4.46. The lowest BCUT2D eigenvalue weighted by Gasteiger charge is -2.37. The largest absolute Gasteiger partial charge is 0.456 e. The average molecular weight is 859 g/mol. The van der Waals surface area contributed by atoms with E-state index in [4.69, 9.17) is 14.2 Å². The smallest absolute Gasteiger partial charge is 0.351 e. The van der Waals surface area contributed by atoms with Crippen molar-refractivity contribution in [1.29, 1.82) is 0 Å². The highest BCUT2D eigenvalue weighted by Gasteiger charge is 2.49. The van der Waals surface area contributed by atoms with E-state index in [0.717, 1.165) is 0 Å². The monoisotopic (exact) mass is 858 g/mol. The molecule has 2 saturated heterocycles. The molecule has 59 heavy (non-hydrogen) atoms. The second kappa shape index (κ2) is 16.5. The van der Waals surface area contributed by atoms with Gasteiger partial charge < -0.3 is 14.2 Å². The van der Waals surface area contributed by atoms with Crippen LogP contribution < -0.4 is 4.74 Å². The molecule has 0 amide bonds. The predicted molar refractivity (Wildman–Crippen MR) is 178 cm³/mol. The zero-order valence-corrected chi connectivity index (χ0v) is 30.7. The fourth-order valence-electron chi connectivity index (χ4n) is 6.75. The van der Waals surface area contributed by atoms with Crippen molar-refractivity contribution >= 4 is 0 Å². The molecule has 6 atom stereocenters. The molecular weight excluding hydrogens is 826 g/mol. The molecule has 0 spiro atoms. The van der Waals surface area contributed by atoms with Crippen LogP contribution in [-0.4, -0.2) is 24.9 Å². The molecule has 2 aliphatic heterocycles. The molecule has 6 rings (SSSR count). The number of hydrogen-bond acceptors (Lipinski definition) is 5. The van der Waals surface area contributed by atoms with Gasteiger partial charge in [-0.3, -0.25) is 9.47 Å².